The Balaban J connectivity index is 2.10. The minimum absolute atomic E-state index is 0.474. The van der Waals surface area contributed by atoms with Crippen LogP contribution in [0.3, 0.4) is 0 Å². The van der Waals surface area contributed by atoms with E-state index in [0.29, 0.717) is 16.6 Å². The fourth-order valence-electron chi connectivity index (χ4n) is 1.89. The van der Waals surface area contributed by atoms with Crippen LogP contribution in [0.4, 0.5) is 11.4 Å². The standard InChI is InChI=1S/C14H18N4O2S/c1-9-13(8-18(2)17-9)16-14(21)15-10-5-11(19-3)7-12(6-10)20-4/h5-8H,1-4H3,(H2,15,16,21). The number of thiocarbonyl (C=S) groups is 1. The summed E-state index contributed by atoms with van der Waals surface area (Å²) in [7, 11) is 5.07. The summed E-state index contributed by atoms with van der Waals surface area (Å²) in [4.78, 5) is 0. The van der Waals surface area contributed by atoms with Crippen molar-refractivity contribution in [1.82, 2.24) is 9.78 Å². The Labute approximate surface area is 129 Å². The van der Waals surface area contributed by atoms with Gasteiger partial charge in [0.05, 0.1) is 25.6 Å². The second-order valence-electron chi connectivity index (χ2n) is 4.48. The van der Waals surface area contributed by atoms with E-state index in [1.165, 1.54) is 0 Å². The van der Waals surface area contributed by atoms with Gasteiger partial charge in [0, 0.05) is 37.1 Å². The Bertz CT molecular complexity index is 632. The lowest BCUT2D eigenvalue weighted by Crippen LogP contribution is -2.19. The van der Waals surface area contributed by atoms with Gasteiger partial charge in [0.1, 0.15) is 11.5 Å². The first kappa shape index (κ1) is 15.1. The van der Waals surface area contributed by atoms with Gasteiger partial charge in [-0.1, -0.05) is 0 Å². The van der Waals surface area contributed by atoms with Crippen molar-refractivity contribution in [3.63, 3.8) is 0 Å². The second-order valence-corrected chi connectivity index (χ2v) is 4.89. The third-order valence-corrected chi connectivity index (χ3v) is 3.08. The van der Waals surface area contributed by atoms with Gasteiger partial charge in [0.2, 0.25) is 0 Å². The maximum absolute atomic E-state index is 5.31. The summed E-state index contributed by atoms with van der Waals surface area (Å²) >= 11 is 5.31. The average molecular weight is 306 g/mol. The topological polar surface area (TPSA) is 60.3 Å². The molecule has 2 rings (SSSR count). The third-order valence-electron chi connectivity index (χ3n) is 2.87. The molecule has 1 aromatic carbocycles. The van der Waals surface area contributed by atoms with Crippen molar-refractivity contribution < 1.29 is 9.47 Å². The molecule has 7 heteroatoms. The molecule has 0 amide bonds. The molecule has 0 atom stereocenters. The monoisotopic (exact) mass is 306 g/mol. The molecule has 0 saturated heterocycles. The van der Waals surface area contributed by atoms with E-state index in [1.807, 2.05) is 32.3 Å². The van der Waals surface area contributed by atoms with Crippen molar-refractivity contribution in [1.29, 1.82) is 0 Å². The number of ether oxygens (including phenoxy) is 2. The van der Waals surface area contributed by atoms with E-state index in [0.717, 1.165) is 17.1 Å². The summed E-state index contributed by atoms with van der Waals surface area (Å²) in [5, 5.41) is 10.9. The molecule has 0 spiro atoms. The number of rotatable bonds is 4. The van der Waals surface area contributed by atoms with E-state index in [1.54, 1.807) is 25.0 Å². The number of nitrogens with one attached hydrogen (secondary N) is 2. The Morgan fingerprint density at radius 2 is 1.76 bits per heavy atom. The molecule has 1 heterocycles. The minimum atomic E-state index is 0.474. The number of methoxy groups -OCH3 is 2. The molecule has 0 bridgehead atoms. The molecule has 21 heavy (non-hydrogen) atoms. The molecule has 0 aliphatic heterocycles. The molecule has 112 valence electrons. The Morgan fingerprint density at radius 3 is 2.24 bits per heavy atom. The molecule has 0 aliphatic carbocycles. The molecule has 1 aromatic heterocycles. The van der Waals surface area contributed by atoms with E-state index in [-0.39, 0.29) is 0 Å². The Morgan fingerprint density at radius 1 is 1.14 bits per heavy atom. The van der Waals surface area contributed by atoms with Gasteiger partial charge in [0.15, 0.2) is 5.11 Å². The van der Waals surface area contributed by atoms with E-state index >= 15 is 0 Å². The molecule has 0 fully saturated rings. The van der Waals surface area contributed by atoms with E-state index in [9.17, 15) is 0 Å². The minimum Gasteiger partial charge on any atom is -0.497 e. The zero-order chi connectivity index (χ0) is 15.4. The van der Waals surface area contributed by atoms with Gasteiger partial charge in [-0.25, -0.2) is 0 Å². The van der Waals surface area contributed by atoms with Crippen molar-refractivity contribution in [2.75, 3.05) is 24.9 Å². The first-order valence-electron chi connectivity index (χ1n) is 6.33. The Kier molecular flexibility index (Phi) is 4.64. The molecule has 0 unspecified atom stereocenters. The fourth-order valence-corrected chi connectivity index (χ4v) is 2.11. The Hall–Kier alpha value is -2.28. The summed E-state index contributed by atoms with van der Waals surface area (Å²) in [5.41, 5.74) is 2.53. The van der Waals surface area contributed by atoms with Crippen LogP contribution in [0.25, 0.3) is 0 Å². The first-order chi connectivity index (χ1) is 10.0. The molecule has 6 nitrogen and oxygen atoms in total. The second kappa shape index (κ2) is 6.45. The predicted molar refractivity (Wildman–Crippen MR) is 87.3 cm³/mol. The van der Waals surface area contributed by atoms with Gasteiger partial charge in [-0.2, -0.15) is 5.10 Å². The average Bonchev–Trinajstić information content (AvgIpc) is 2.76. The third kappa shape index (κ3) is 3.85. The zero-order valence-electron chi connectivity index (χ0n) is 12.4. The van der Waals surface area contributed by atoms with Crippen LogP contribution in [0.2, 0.25) is 0 Å². The molecule has 0 aliphatic rings. The quantitative estimate of drug-likeness (QED) is 0.847. The van der Waals surface area contributed by atoms with Crippen LogP contribution in [-0.4, -0.2) is 29.1 Å². The van der Waals surface area contributed by atoms with Crippen molar-refractivity contribution in [3.05, 3.63) is 30.1 Å². The number of aromatic nitrogens is 2. The highest BCUT2D eigenvalue weighted by Gasteiger charge is 2.07. The van der Waals surface area contributed by atoms with Crippen LogP contribution in [0.1, 0.15) is 5.69 Å². The van der Waals surface area contributed by atoms with Crippen molar-refractivity contribution in [3.8, 4) is 11.5 Å². The molecule has 2 aromatic rings. The molecule has 2 N–H and O–H groups in total. The van der Waals surface area contributed by atoms with Gasteiger partial charge in [-0.3, -0.25) is 4.68 Å². The number of hydrogen-bond acceptors (Lipinski definition) is 4. The molecular weight excluding hydrogens is 288 g/mol. The number of hydrogen-bond donors (Lipinski definition) is 2. The van der Waals surface area contributed by atoms with Crippen LogP contribution in [0.5, 0.6) is 11.5 Å². The number of benzene rings is 1. The van der Waals surface area contributed by atoms with Gasteiger partial charge in [-0.05, 0) is 19.1 Å². The predicted octanol–water partition coefficient (Wildman–Crippen LogP) is 2.55. The fraction of sp³-hybridized carbons (Fsp3) is 0.286. The van der Waals surface area contributed by atoms with E-state index < -0.39 is 0 Å². The normalized spacial score (nSPS) is 10.1. The number of aryl methyl sites for hydroxylation is 2. The summed E-state index contributed by atoms with van der Waals surface area (Å²) in [6.07, 6.45) is 1.87. The van der Waals surface area contributed by atoms with E-state index in [2.05, 4.69) is 15.7 Å². The first-order valence-corrected chi connectivity index (χ1v) is 6.74. The lowest BCUT2D eigenvalue weighted by Gasteiger charge is -2.12. The van der Waals surface area contributed by atoms with Gasteiger partial charge >= 0.3 is 0 Å². The number of anilines is 2. The molecule has 0 saturated carbocycles. The number of nitrogens with zero attached hydrogens (tertiary/aromatic N) is 2. The smallest absolute Gasteiger partial charge is 0.175 e. The largest absolute Gasteiger partial charge is 0.497 e. The summed E-state index contributed by atoms with van der Waals surface area (Å²) in [5.74, 6) is 1.38. The van der Waals surface area contributed by atoms with Gasteiger partial charge < -0.3 is 20.1 Å². The van der Waals surface area contributed by atoms with Crippen LogP contribution in [0, 0.1) is 6.92 Å². The van der Waals surface area contributed by atoms with Crippen LogP contribution < -0.4 is 20.1 Å². The lowest BCUT2D eigenvalue weighted by molar-refractivity contribution is 0.395. The summed E-state index contributed by atoms with van der Waals surface area (Å²) in [6.45, 7) is 1.92. The summed E-state index contributed by atoms with van der Waals surface area (Å²) < 4.78 is 12.2. The van der Waals surface area contributed by atoms with Crippen LogP contribution >= 0.6 is 12.2 Å². The van der Waals surface area contributed by atoms with E-state index in [4.69, 9.17) is 21.7 Å². The van der Waals surface area contributed by atoms with Crippen molar-refractivity contribution in [2.24, 2.45) is 7.05 Å². The van der Waals surface area contributed by atoms with Crippen LogP contribution in [0.15, 0.2) is 24.4 Å². The summed E-state index contributed by atoms with van der Waals surface area (Å²) in [6, 6.07) is 5.48. The highest BCUT2D eigenvalue weighted by atomic mass is 32.1. The lowest BCUT2D eigenvalue weighted by atomic mass is 10.3. The zero-order valence-corrected chi connectivity index (χ0v) is 13.2. The van der Waals surface area contributed by atoms with Crippen LogP contribution in [-0.2, 0) is 7.05 Å². The maximum Gasteiger partial charge on any atom is 0.175 e. The van der Waals surface area contributed by atoms with Crippen molar-refractivity contribution in [2.45, 2.75) is 6.92 Å². The molecular formula is C14H18N4O2S. The highest BCUT2D eigenvalue weighted by Crippen LogP contribution is 2.26. The van der Waals surface area contributed by atoms with Gasteiger partial charge in [-0.15, -0.1) is 0 Å². The SMILES string of the molecule is COc1cc(NC(=S)Nc2cn(C)nc2C)cc(OC)c1. The highest BCUT2D eigenvalue weighted by molar-refractivity contribution is 7.80. The van der Waals surface area contributed by atoms with Gasteiger partial charge in [0.25, 0.3) is 0 Å². The maximum atomic E-state index is 5.31. The van der Waals surface area contributed by atoms with Crippen molar-refractivity contribution >= 4 is 28.7 Å². The molecule has 0 radical (unpaired) electrons.